The number of amides is 3. The van der Waals surface area contributed by atoms with Crippen LogP contribution >= 0.6 is 11.8 Å². The van der Waals surface area contributed by atoms with E-state index in [0.717, 1.165) is 36.0 Å². The van der Waals surface area contributed by atoms with Gasteiger partial charge in [-0.05, 0) is 63.1 Å². The first kappa shape index (κ1) is 28.0. The highest BCUT2D eigenvalue weighted by atomic mass is 32.2. The summed E-state index contributed by atoms with van der Waals surface area (Å²) in [7, 11) is 0. The average Bonchev–Trinajstić information content (AvgIpc) is 3.19. The maximum absolute atomic E-state index is 13.7. The van der Waals surface area contributed by atoms with Crippen LogP contribution in [0.15, 0.2) is 54.6 Å². The van der Waals surface area contributed by atoms with Gasteiger partial charge in [0.2, 0.25) is 5.91 Å². The van der Waals surface area contributed by atoms with Crippen molar-refractivity contribution in [1.29, 1.82) is 0 Å². The van der Waals surface area contributed by atoms with E-state index in [1.54, 1.807) is 0 Å². The third kappa shape index (κ3) is 6.69. The molecule has 2 fully saturated rings. The quantitative estimate of drug-likeness (QED) is 0.450. The molecule has 3 N–H and O–H groups in total. The summed E-state index contributed by atoms with van der Waals surface area (Å²) < 4.78 is 4.87. The van der Waals surface area contributed by atoms with Crippen LogP contribution in [0, 0.1) is 6.92 Å². The molecule has 2 aliphatic rings. The van der Waals surface area contributed by atoms with E-state index in [1.807, 2.05) is 75.4 Å². The zero-order valence-corrected chi connectivity index (χ0v) is 23.0. The van der Waals surface area contributed by atoms with Gasteiger partial charge in [-0.2, -0.15) is 0 Å². The van der Waals surface area contributed by atoms with Crippen molar-refractivity contribution in [2.45, 2.75) is 82.0 Å². The minimum atomic E-state index is -1.55. The molecule has 3 amide bonds. The van der Waals surface area contributed by atoms with E-state index in [4.69, 9.17) is 4.74 Å². The maximum atomic E-state index is 13.7. The van der Waals surface area contributed by atoms with E-state index < -0.39 is 34.9 Å². The molecule has 1 aliphatic heterocycles. The highest BCUT2D eigenvalue weighted by molar-refractivity contribution is 8.00. The zero-order valence-electron chi connectivity index (χ0n) is 22.2. The van der Waals surface area contributed by atoms with Gasteiger partial charge in [0.15, 0.2) is 6.10 Å². The summed E-state index contributed by atoms with van der Waals surface area (Å²) in [5.74, 6) is -0.611. The topological polar surface area (TPSA) is 108 Å². The van der Waals surface area contributed by atoms with Crippen molar-refractivity contribution in [3.05, 3.63) is 71.3 Å². The Morgan fingerprint density at radius 3 is 2.45 bits per heavy atom. The van der Waals surface area contributed by atoms with Gasteiger partial charge < -0.3 is 25.4 Å². The van der Waals surface area contributed by atoms with Gasteiger partial charge in [0.1, 0.15) is 12.1 Å². The number of ether oxygens (including phenoxy) is 1. The Hall–Kier alpha value is -3.04. The SMILES string of the molecule is Cc1ccccc1CNC(=O)C1N(C(=O)C(O)C(Cc2ccccc2)NC(=O)OC2CCC2)CSC1(C)C. The van der Waals surface area contributed by atoms with Crippen LogP contribution in [0.2, 0.25) is 0 Å². The largest absolute Gasteiger partial charge is 0.446 e. The Balaban J connectivity index is 1.48. The van der Waals surface area contributed by atoms with Crippen LogP contribution in [0.3, 0.4) is 0 Å². The number of hydrogen-bond acceptors (Lipinski definition) is 6. The number of benzene rings is 2. The number of nitrogens with zero attached hydrogens (tertiary/aromatic N) is 1. The zero-order chi connectivity index (χ0) is 27.3. The summed E-state index contributed by atoms with van der Waals surface area (Å²) in [5.41, 5.74) is 2.93. The molecule has 38 heavy (non-hydrogen) atoms. The lowest BCUT2D eigenvalue weighted by molar-refractivity contribution is -0.147. The van der Waals surface area contributed by atoms with Crippen molar-refractivity contribution in [3.8, 4) is 0 Å². The van der Waals surface area contributed by atoms with Crippen molar-refractivity contribution in [2.75, 3.05) is 5.88 Å². The van der Waals surface area contributed by atoms with Gasteiger partial charge in [-0.1, -0.05) is 54.6 Å². The van der Waals surface area contributed by atoms with Crippen LogP contribution in [0.1, 0.15) is 49.8 Å². The standard InChI is InChI=1S/C29H37N3O5S/c1-19-10-7-8-13-21(19)17-30-26(34)25-29(2,3)38-18-32(25)27(35)24(33)23(16-20-11-5-4-6-12-20)31-28(36)37-22-14-9-15-22/h4-8,10-13,22-25,33H,9,14-18H2,1-3H3,(H,30,34)(H,31,36). The molecule has 3 atom stereocenters. The third-order valence-corrected chi connectivity index (χ3v) is 8.73. The molecule has 204 valence electrons. The molecule has 1 heterocycles. The van der Waals surface area contributed by atoms with Gasteiger partial charge >= 0.3 is 6.09 Å². The second-order valence-corrected chi connectivity index (χ2v) is 12.2. The Morgan fingerprint density at radius 2 is 1.79 bits per heavy atom. The summed E-state index contributed by atoms with van der Waals surface area (Å²) >= 11 is 1.48. The van der Waals surface area contributed by atoms with Gasteiger partial charge in [-0.15, -0.1) is 11.8 Å². The molecule has 0 bridgehead atoms. The summed E-state index contributed by atoms with van der Waals surface area (Å²) in [5, 5.41) is 17.0. The highest BCUT2D eigenvalue weighted by Gasteiger charge is 2.49. The van der Waals surface area contributed by atoms with Crippen LogP contribution < -0.4 is 10.6 Å². The number of hydrogen-bond donors (Lipinski definition) is 3. The Morgan fingerprint density at radius 1 is 1.11 bits per heavy atom. The lowest BCUT2D eigenvalue weighted by Crippen LogP contribution is -2.58. The normalized spacial score (nSPS) is 20.2. The third-order valence-electron chi connectivity index (χ3n) is 7.35. The van der Waals surface area contributed by atoms with Gasteiger partial charge in [-0.3, -0.25) is 9.59 Å². The van der Waals surface area contributed by atoms with Crippen molar-refractivity contribution in [1.82, 2.24) is 15.5 Å². The molecule has 2 aromatic rings. The minimum Gasteiger partial charge on any atom is -0.446 e. The minimum absolute atomic E-state index is 0.127. The second-order valence-electron chi connectivity index (χ2n) is 10.6. The molecule has 4 rings (SSSR count). The number of nitrogens with one attached hydrogen (secondary N) is 2. The van der Waals surface area contributed by atoms with E-state index in [9.17, 15) is 19.5 Å². The molecule has 3 unspecified atom stereocenters. The summed E-state index contributed by atoms with van der Waals surface area (Å²) in [4.78, 5) is 41.1. The van der Waals surface area contributed by atoms with Crippen LogP contribution in [-0.2, 0) is 27.3 Å². The molecule has 9 heteroatoms. The average molecular weight is 540 g/mol. The molecule has 1 aliphatic carbocycles. The first-order valence-electron chi connectivity index (χ1n) is 13.1. The van der Waals surface area contributed by atoms with Crippen molar-refractivity contribution < 1.29 is 24.2 Å². The van der Waals surface area contributed by atoms with Crippen molar-refractivity contribution in [3.63, 3.8) is 0 Å². The van der Waals surface area contributed by atoms with Gasteiger partial charge in [0.05, 0.1) is 11.9 Å². The van der Waals surface area contributed by atoms with Crippen molar-refractivity contribution in [2.24, 2.45) is 0 Å². The number of carbonyl (C=O) groups is 3. The van der Waals surface area contributed by atoms with E-state index in [2.05, 4.69) is 10.6 Å². The second kappa shape index (κ2) is 12.2. The monoisotopic (exact) mass is 539 g/mol. The van der Waals surface area contributed by atoms with Gasteiger partial charge in [0.25, 0.3) is 5.91 Å². The number of aliphatic hydroxyl groups excluding tert-OH is 1. The number of carbonyl (C=O) groups excluding carboxylic acids is 3. The summed E-state index contributed by atoms with van der Waals surface area (Å²) in [6.45, 7) is 6.17. The molecule has 8 nitrogen and oxygen atoms in total. The van der Waals surface area contributed by atoms with Crippen LogP contribution in [0.4, 0.5) is 4.79 Å². The molecule has 1 saturated heterocycles. The Bertz CT molecular complexity index is 1140. The number of aliphatic hydroxyl groups is 1. The molecule has 0 radical (unpaired) electrons. The number of aryl methyl sites for hydroxylation is 1. The van der Waals surface area contributed by atoms with Gasteiger partial charge in [0, 0.05) is 11.3 Å². The van der Waals surface area contributed by atoms with Crippen LogP contribution in [-0.4, -0.2) is 62.8 Å². The first-order valence-corrected chi connectivity index (χ1v) is 14.1. The van der Waals surface area contributed by atoms with Gasteiger partial charge in [-0.25, -0.2) is 4.79 Å². The lowest BCUT2D eigenvalue weighted by atomic mass is 9.96. The van der Waals surface area contributed by atoms with E-state index >= 15 is 0 Å². The molecule has 0 aromatic heterocycles. The fourth-order valence-corrected chi connectivity index (χ4v) is 5.92. The molecular formula is C29H37N3O5S. The Kier molecular flexibility index (Phi) is 8.99. The maximum Gasteiger partial charge on any atom is 0.407 e. The predicted octanol–water partition coefficient (Wildman–Crippen LogP) is 3.54. The smallest absolute Gasteiger partial charge is 0.407 e. The van der Waals surface area contributed by atoms with E-state index in [-0.39, 0.29) is 24.3 Å². The van der Waals surface area contributed by atoms with E-state index in [0.29, 0.717) is 6.54 Å². The fraction of sp³-hybridized carbons (Fsp3) is 0.483. The Labute approximate surface area is 228 Å². The predicted molar refractivity (Wildman–Crippen MR) is 147 cm³/mol. The molecule has 0 spiro atoms. The molecular weight excluding hydrogens is 502 g/mol. The summed E-state index contributed by atoms with van der Waals surface area (Å²) in [6.07, 6.45) is 0.563. The molecule has 1 saturated carbocycles. The lowest BCUT2D eigenvalue weighted by Gasteiger charge is -2.33. The fourth-order valence-electron chi connectivity index (χ4n) is 4.78. The van der Waals surface area contributed by atoms with Crippen LogP contribution in [0.5, 0.6) is 0 Å². The van der Waals surface area contributed by atoms with E-state index in [1.165, 1.54) is 16.7 Å². The first-order chi connectivity index (χ1) is 18.2. The molecule has 2 aromatic carbocycles. The number of rotatable bonds is 9. The number of thioether (sulfide) groups is 1. The van der Waals surface area contributed by atoms with Crippen molar-refractivity contribution >= 4 is 29.7 Å². The highest BCUT2D eigenvalue weighted by Crippen LogP contribution is 2.40. The summed E-state index contributed by atoms with van der Waals surface area (Å²) in [6, 6.07) is 15.5. The number of alkyl carbamates (subject to hydrolysis) is 1. The van der Waals surface area contributed by atoms with Crippen LogP contribution in [0.25, 0.3) is 0 Å².